The van der Waals surface area contributed by atoms with Crippen LogP contribution in [0.1, 0.15) is 38.1 Å². The van der Waals surface area contributed by atoms with Crippen molar-refractivity contribution in [3.05, 3.63) is 59.1 Å². The van der Waals surface area contributed by atoms with Gasteiger partial charge in [-0.15, -0.1) is 0 Å². The van der Waals surface area contributed by atoms with Crippen LogP contribution in [-0.4, -0.2) is 36.7 Å². The molecule has 0 saturated heterocycles. The Labute approximate surface area is 204 Å². The number of carbonyl (C=O) groups excluding carboxylic acids is 1. The van der Waals surface area contributed by atoms with Crippen LogP contribution in [0.15, 0.2) is 53.4 Å². The molecule has 0 unspecified atom stereocenters. The van der Waals surface area contributed by atoms with E-state index in [1.807, 2.05) is 13.8 Å². The lowest BCUT2D eigenvalue weighted by molar-refractivity contribution is 0.0600. The summed E-state index contributed by atoms with van der Waals surface area (Å²) >= 11 is 6.48. The van der Waals surface area contributed by atoms with Crippen LogP contribution in [0.5, 0.6) is 0 Å². The van der Waals surface area contributed by atoms with E-state index in [0.717, 1.165) is 0 Å². The van der Waals surface area contributed by atoms with Crippen molar-refractivity contribution in [3.8, 4) is 0 Å². The number of carbonyl (C=O) groups is 1. The highest BCUT2D eigenvalue weighted by Gasteiger charge is 2.23. The van der Waals surface area contributed by atoms with E-state index in [1.54, 1.807) is 56.3 Å². The molecular formula is C23H28ClN5O4S. The number of ether oxygens (including phenoxy) is 1. The van der Waals surface area contributed by atoms with E-state index in [-0.39, 0.29) is 27.5 Å². The van der Waals surface area contributed by atoms with Gasteiger partial charge in [-0.05, 0) is 50.2 Å². The molecule has 1 heterocycles. The molecule has 0 saturated carbocycles. The zero-order valence-corrected chi connectivity index (χ0v) is 21.2. The van der Waals surface area contributed by atoms with Crippen LogP contribution >= 0.6 is 11.6 Å². The van der Waals surface area contributed by atoms with Crippen molar-refractivity contribution in [1.82, 2.24) is 9.97 Å². The Kier molecular flexibility index (Phi) is 9.22. The highest BCUT2D eigenvalue weighted by atomic mass is 35.5. The Morgan fingerprint density at radius 2 is 1.56 bits per heavy atom. The summed E-state index contributed by atoms with van der Waals surface area (Å²) in [5.41, 5.74) is 7.14. The van der Waals surface area contributed by atoms with Gasteiger partial charge in [0.25, 0.3) is 0 Å². The van der Waals surface area contributed by atoms with Gasteiger partial charge in [-0.2, -0.15) is 9.97 Å². The second-order valence-corrected chi connectivity index (χ2v) is 9.85. The van der Waals surface area contributed by atoms with E-state index >= 15 is 0 Å². The molecular weight excluding hydrogens is 478 g/mol. The minimum absolute atomic E-state index is 0.0743. The normalized spacial score (nSPS) is 10.8. The van der Waals surface area contributed by atoms with Crippen LogP contribution in [0, 0.1) is 0 Å². The van der Waals surface area contributed by atoms with Crippen molar-refractivity contribution in [1.29, 1.82) is 0 Å². The van der Waals surface area contributed by atoms with Gasteiger partial charge in [-0.1, -0.05) is 37.6 Å². The predicted octanol–water partition coefficient (Wildman–Crippen LogP) is 5.19. The molecule has 11 heteroatoms. The minimum Gasteiger partial charge on any atom is -0.465 e. The smallest absolute Gasteiger partial charge is 0.337 e. The van der Waals surface area contributed by atoms with Gasteiger partial charge >= 0.3 is 5.97 Å². The fourth-order valence-electron chi connectivity index (χ4n) is 2.77. The summed E-state index contributed by atoms with van der Waals surface area (Å²) in [5, 5.41) is 5.47. The van der Waals surface area contributed by atoms with Gasteiger partial charge < -0.3 is 21.1 Å². The maximum absolute atomic E-state index is 12.7. The fraction of sp³-hybridized carbons (Fsp3) is 0.261. The number of para-hydroxylation sites is 1. The number of rotatable bonds is 7. The molecule has 182 valence electrons. The molecule has 9 nitrogen and oxygen atoms in total. The lowest BCUT2D eigenvalue weighted by Crippen LogP contribution is -2.16. The van der Waals surface area contributed by atoms with Crippen molar-refractivity contribution in [2.24, 2.45) is 0 Å². The first-order valence-corrected chi connectivity index (χ1v) is 12.4. The zero-order valence-electron chi connectivity index (χ0n) is 19.6. The lowest BCUT2D eigenvalue weighted by atomic mass is 10.2. The number of sulfone groups is 1. The number of anilines is 5. The Morgan fingerprint density at radius 3 is 2.12 bits per heavy atom. The SMILES string of the molecule is CC.COC(=O)c1ccc(Nc2nc(N)nc(Nc3ccccc3S(=O)(=O)C(C)C)c2Cl)cc1. The number of nitrogens with one attached hydrogen (secondary N) is 2. The number of aromatic nitrogens is 2. The van der Waals surface area contributed by atoms with Crippen LogP contribution in [-0.2, 0) is 14.6 Å². The summed E-state index contributed by atoms with van der Waals surface area (Å²) in [7, 11) is -2.25. The molecule has 34 heavy (non-hydrogen) atoms. The van der Waals surface area contributed by atoms with Crippen LogP contribution in [0.2, 0.25) is 5.02 Å². The average Bonchev–Trinajstić information content (AvgIpc) is 2.83. The standard InChI is InChI=1S/C21H22ClN5O4S.C2H6/c1-12(2)32(29,30)16-7-5-4-6-15(16)25-19-17(22)18(26-21(23)27-19)24-14-10-8-13(9-11-14)20(28)31-3;1-2/h4-12H,1-3H3,(H4,23,24,25,26,27);1-2H3. The third-order valence-corrected chi connectivity index (χ3v) is 7.07. The zero-order chi connectivity index (χ0) is 25.5. The van der Waals surface area contributed by atoms with E-state index < -0.39 is 21.1 Å². The van der Waals surface area contributed by atoms with Gasteiger partial charge in [-0.25, -0.2) is 13.2 Å². The first kappa shape index (κ1) is 26.9. The van der Waals surface area contributed by atoms with Gasteiger partial charge in [0.05, 0.1) is 28.5 Å². The predicted molar refractivity (Wildman–Crippen MR) is 136 cm³/mol. The first-order valence-electron chi connectivity index (χ1n) is 10.5. The summed E-state index contributed by atoms with van der Waals surface area (Å²) in [6.45, 7) is 7.21. The Bertz CT molecular complexity index is 1250. The molecule has 0 aliphatic heterocycles. The lowest BCUT2D eigenvalue weighted by Gasteiger charge is -2.16. The number of methoxy groups -OCH3 is 1. The molecule has 0 bridgehead atoms. The van der Waals surface area contributed by atoms with Crippen molar-refractivity contribution in [3.63, 3.8) is 0 Å². The van der Waals surface area contributed by atoms with Crippen LogP contribution < -0.4 is 16.4 Å². The van der Waals surface area contributed by atoms with E-state index in [2.05, 4.69) is 25.3 Å². The molecule has 0 atom stereocenters. The number of nitrogens with two attached hydrogens (primary N) is 1. The quantitative estimate of drug-likeness (QED) is 0.370. The molecule has 0 spiro atoms. The Balaban J connectivity index is 0.00000199. The summed E-state index contributed by atoms with van der Waals surface area (Å²) in [6.07, 6.45) is 0. The maximum Gasteiger partial charge on any atom is 0.337 e. The summed E-state index contributed by atoms with van der Waals surface area (Å²) in [4.78, 5) is 19.9. The molecule has 3 aromatic rings. The number of benzene rings is 2. The highest BCUT2D eigenvalue weighted by molar-refractivity contribution is 7.92. The molecule has 0 aliphatic carbocycles. The van der Waals surface area contributed by atoms with Crippen molar-refractivity contribution < 1.29 is 17.9 Å². The van der Waals surface area contributed by atoms with E-state index in [4.69, 9.17) is 17.3 Å². The molecule has 3 rings (SSSR count). The molecule has 2 aromatic carbocycles. The number of esters is 1. The van der Waals surface area contributed by atoms with Crippen LogP contribution in [0.3, 0.4) is 0 Å². The van der Waals surface area contributed by atoms with Gasteiger partial charge in [0.15, 0.2) is 21.5 Å². The second-order valence-electron chi connectivity index (χ2n) is 7.00. The number of hydrogen-bond donors (Lipinski definition) is 3. The highest BCUT2D eigenvalue weighted by Crippen LogP contribution is 2.34. The van der Waals surface area contributed by atoms with E-state index in [1.165, 1.54) is 13.2 Å². The maximum atomic E-state index is 12.7. The Morgan fingerprint density at radius 1 is 1.00 bits per heavy atom. The summed E-state index contributed by atoms with van der Waals surface area (Å²) in [6, 6.07) is 12.9. The molecule has 1 aromatic heterocycles. The van der Waals surface area contributed by atoms with Crippen molar-refractivity contribution >= 4 is 56.4 Å². The second kappa shape index (κ2) is 11.7. The summed E-state index contributed by atoms with van der Waals surface area (Å²) < 4.78 is 30.1. The van der Waals surface area contributed by atoms with Crippen molar-refractivity contribution in [2.75, 3.05) is 23.5 Å². The number of halogens is 1. The minimum atomic E-state index is -3.56. The third kappa shape index (κ3) is 6.15. The van der Waals surface area contributed by atoms with Crippen molar-refractivity contribution in [2.45, 2.75) is 37.8 Å². The van der Waals surface area contributed by atoms with E-state index in [9.17, 15) is 13.2 Å². The third-order valence-electron chi connectivity index (χ3n) is 4.50. The molecule has 0 aliphatic rings. The summed E-state index contributed by atoms with van der Waals surface area (Å²) in [5.74, 6) is -0.187. The first-order chi connectivity index (χ1) is 16.1. The largest absolute Gasteiger partial charge is 0.465 e. The van der Waals surface area contributed by atoms with Gasteiger partial charge in [0.1, 0.15) is 5.02 Å². The molecule has 0 fully saturated rings. The Hall–Kier alpha value is -3.37. The molecule has 0 amide bonds. The van der Waals surface area contributed by atoms with Gasteiger partial charge in [-0.3, -0.25) is 0 Å². The van der Waals surface area contributed by atoms with E-state index in [0.29, 0.717) is 16.9 Å². The topological polar surface area (TPSA) is 136 Å². The number of nitrogen functional groups attached to an aromatic ring is 1. The number of hydrogen-bond acceptors (Lipinski definition) is 9. The average molecular weight is 506 g/mol. The van der Waals surface area contributed by atoms with Gasteiger partial charge in [0, 0.05) is 5.69 Å². The molecule has 0 radical (unpaired) electrons. The molecule has 4 N–H and O–H groups in total. The fourth-order valence-corrected chi connectivity index (χ4v) is 4.15. The van der Waals surface area contributed by atoms with Crippen LogP contribution in [0.25, 0.3) is 0 Å². The van der Waals surface area contributed by atoms with Crippen LogP contribution in [0.4, 0.5) is 29.0 Å². The van der Waals surface area contributed by atoms with Gasteiger partial charge in [0.2, 0.25) is 5.95 Å². The monoisotopic (exact) mass is 505 g/mol. The number of nitrogens with zero attached hydrogens (tertiary/aromatic N) is 2.